The van der Waals surface area contributed by atoms with Gasteiger partial charge in [0.2, 0.25) is 5.78 Å². The van der Waals surface area contributed by atoms with Crippen LogP contribution in [0, 0.1) is 5.92 Å². The van der Waals surface area contributed by atoms with E-state index in [1.54, 1.807) is 0 Å². The Kier molecular flexibility index (Phi) is 2.96. The zero-order valence-corrected chi connectivity index (χ0v) is 7.37. The molecule has 0 aliphatic heterocycles. The van der Waals surface area contributed by atoms with Gasteiger partial charge in [-0.3, -0.25) is 9.89 Å². The van der Waals surface area contributed by atoms with E-state index in [1.165, 1.54) is 6.33 Å². The van der Waals surface area contributed by atoms with Crippen LogP contribution in [0.4, 0.5) is 0 Å². The van der Waals surface area contributed by atoms with Crippen LogP contribution in [0.15, 0.2) is 6.33 Å². The van der Waals surface area contributed by atoms with Crippen molar-refractivity contribution in [3.8, 4) is 0 Å². The Bertz CT molecular complexity index is 243. The highest BCUT2D eigenvalue weighted by atomic mass is 16.1. The smallest absolute Gasteiger partial charge is 0.202 e. The van der Waals surface area contributed by atoms with E-state index in [0.717, 1.165) is 12.8 Å². The quantitative estimate of drug-likeness (QED) is 0.690. The van der Waals surface area contributed by atoms with Crippen molar-refractivity contribution < 1.29 is 4.79 Å². The van der Waals surface area contributed by atoms with Crippen molar-refractivity contribution in [1.29, 1.82) is 0 Å². The lowest BCUT2D eigenvalue weighted by Crippen LogP contribution is -2.12. The number of ketones is 1. The second kappa shape index (κ2) is 3.99. The Morgan fingerprint density at radius 3 is 3.00 bits per heavy atom. The summed E-state index contributed by atoms with van der Waals surface area (Å²) in [7, 11) is 0. The number of nitrogens with one attached hydrogen (secondary N) is 1. The van der Waals surface area contributed by atoms with E-state index in [-0.39, 0.29) is 11.7 Å². The number of H-pyrrole nitrogens is 1. The fourth-order valence-electron chi connectivity index (χ4n) is 1.12. The fourth-order valence-corrected chi connectivity index (χ4v) is 1.12. The van der Waals surface area contributed by atoms with Crippen LogP contribution in [0.3, 0.4) is 0 Å². The minimum atomic E-state index is 0.0444. The fraction of sp³-hybridized carbons (Fsp3) is 0.625. The van der Waals surface area contributed by atoms with Crippen LogP contribution in [0.25, 0.3) is 0 Å². The van der Waals surface area contributed by atoms with Crippen LogP contribution in [0.1, 0.15) is 37.3 Å². The maximum Gasteiger partial charge on any atom is 0.202 e. The number of aromatic amines is 1. The Labute approximate surface area is 71.4 Å². The number of nitrogens with zero attached hydrogens (tertiary/aromatic N) is 2. The summed E-state index contributed by atoms with van der Waals surface area (Å²) >= 11 is 0. The molecule has 1 N–H and O–H groups in total. The van der Waals surface area contributed by atoms with Gasteiger partial charge in [0.15, 0.2) is 5.82 Å². The molecule has 1 heterocycles. The maximum atomic E-state index is 11.5. The summed E-state index contributed by atoms with van der Waals surface area (Å²) in [6, 6.07) is 0. The predicted molar refractivity (Wildman–Crippen MR) is 44.8 cm³/mol. The van der Waals surface area contributed by atoms with Gasteiger partial charge in [-0.1, -0.05) is 20.3 Å². The molecule has 1 atom stereocenters. The number of aromatic nitrogens is 3. The van der Waals surface area contributed by atoms with Crippen LogP contribution in [-0.4, -0.2) is 21.0 Å². The lowest BCUT2D eigenvalue weighted by Gasteiger charge is -2.04. The molecule has 1 rings (SSSR count). The van der Waals surface area contributed by atoms with Gasteiger partial charge >= 0.3 is 0 Å². The first-order chi connectivity index (χ1) is 5.75. The summed E-state index contributed by atoms with van der Waals surface area (Å²) in [5, 5.41) is 6.19. The van der Waals surface area contributed by atoms with Crippen molar-refractivity contribution in [3.63, 3.8) is 0 Å². The van der Waals surface area contributed by atoms with Gasteiger partial charge in [-0.05, 0) is 6.42 Å². The highest BCUT2D eigenvalue weighted by Gasteiger charge is 2.16. The van der Waals surface area contributed by atoms with Gasteiger partial charge in [-0.25, -0.2) is 4.98 Å². The largest absolute Gasteiger partial charge is 0.290 e. The number of hydrogen-bond donors (Lipinski definition) is 1. The second-order valence-electron chi connectivity index (χ2n) is 2.89. The van der Waals surface area contributed by atoms with Crippen molar-refractivity contribution in [2.75, 3.05) is 0 Å². The standard InChI is InChI=1S/C8H13N3O/c1-3-4-6(2)7(12)8-9-5-10-11-8/h5-6H,3-4H2,1-2H3,(H,9,10,11). The monoisotopic (exact) mass is 167 g/mol. The number of carbonyl (C=O) groups excluding carboxylic acids is 1. The summed E-state index contributed by atoms with van der Waals surface area (Å²) < 4.78 is 0. The van der Waals surface area contributed by atoms with Crippen molar-refractivity contribution in [2.24, 2.45) is 5.92 Å². The van der Waals surface area contributed by atoms with Gasteiger partial charge in [0.1, 0.15) is 6.33 Å². The molecule has 1 unspecified atom stereocenters. The zero-order chi connectivity index (χ0) is 8.97. The Morgan fingerprint density at radius 2 is 2.50 bits per heavy atom. The summed E-state index contributed by atoms with van der Waals surface area (Å²) in [5.41, 5.74) is 0. The number of Topliss-reactive ketones (excluding diaryl/α,β-unsaturated/α-hetero) is 1. The average Bonchev–Trinajstić information content (AvgIpc) is 2.55. The number of hydrogen-bond acceptors (Lipinski definition) is 3. The van der Waals surface area contributed by atoms with Crippen LogP contribution in [0.5, 0.6) is 0 Å². The molecule has 66 valence electrons. The normalized spacial score (nSPS) is 12.8. The Hall–Kier alpha value is -1.19. The van der Waals surface area contributed by atoms with E-state index in [0.29, 0.717) is 5.82 Å². The molecule has 0 amide bonds. The minimum Gasteiger partial charge on any atom is -0.290 e. The molecule has 4 heteroatoms. The molecule has 0 aliphatic carbocycles. The molecule has 4 nitrogen and oxygen atoms in total. The Balaban J connectivity index is 2.59. The zero-order valence-electron chi connectivity index (χ0n) is 7.37. The van der Waals surface area contributed by atoms with Crippen LogP contribution >= 0.6 is 0 Å². The van der Waals surface area contributed by atoms with Gasteiger partial charge in [0.25, 0.3) is 0 Å². The highest BCUT2D eigenvalue weighted by molar-refractivity contribution is 5.93. The summed E-state index contributed by atoms with van der Waals surface area (Å²) in [6.07, 6.45) is 3.27. The third kappa shape index (κ3) is 1.90. The molecule has 0 spiro atoms. The summed E-state index contributed by atoms with van der Waals surface area (Å²) in [5.74, 6) is 0.466. The third-order valence-electron chi connectivity index (χ3n) is 1.82. The molecule has 0 saturated heterocycles. The van der Waals surface area contributed by atoms with Gasteiger partial charge in [-0.15, -0.1) is 0 Å². The molecule has 0 radical (unpaired) electrons. The lowest BCUT2D eigenvalue weighted by molar-refractivity contribution is 0.0913. The van der Waals surface area contributed by atoms with Crippen molar-refractivity contribution in [1.82, 2.24) is 15.2 Å². The second-order valence-corrected chi connectivity index (χ2v) is 2.89. The van der Waals surface area contributed by atoms with Gasteiger partial charge < -0.3 is 0 Å². The first-order valence-electron chi connectivity index (χ1n) is 4.15. The molecule has 0 bridgehead atoms. The Morgan fingerprint density at radius 1 is 1.75 bits per heavy atom. The molecular weight excluding hydrogens is 154 g/mol. The molecule has 0 aromatic carbocycles. The predicted octanol–water partition coefficient (Wildman–Crippen LogP) is 1.42. The number of rotatable bonds is 4. The molecule has 1 aromatic heterocycles. The first kappa shape index (κ1) is 8.90. The summed E-state index contributed by atoms with van der Waals surface area (Å²) in [6.45, 7) is 3.97. The van der Waals surface area contributed by atoms with E-state index in [2.05, 4.69) is 22.1 Å². The van der Waals surface area contributed by atoms with E-state index >= 15 is 0 Å². The molecular formula is C8H13N3O. The van der Waals surface area contributed by atoms with Crippen molar-refractivity contribution in [2.45, 2.75) is 26.7 Å². The molecule has 0 aliphatic rings. The molecule has 1 aromatic rings. The lowest BCUT2D eigenvalue weighted by atomic mass is 10.0. The minimum absolute atomic E-state index is 0.0444. The maximum absolute atomic E-state index is 11.5. The van der Waals surface area contributed by atoms with Crippen molar-refractivity contribution in [3.05, 3.63) is 12.2 Å². The SMILES string of the molecule is CCCC(C)C(=O)c1ncn[nH]1. The van der Waals surface area contributed by atoms with Crippen LogP contribution < -0.4 is 0 Å². The van der Waals surface area contributed by atoms with Gasteiger partial charge in [-0.2, -0.15) is 5.10 Å². The van der Waals surface area contributed by atoms with E-state index in [9.17, 15) is 4.79 Å². The van der Waals surface area contributed by atoms with E-state index in [1.807, 2.05) is 6.92 Å². The molecule has 0 fully saturated rings. The molecule has 0 saturated carbocycles. The average molecular weight is 167 g/mol. The van der Waals surface area contributed by atoms with Gasteiger partial charge in [0, 0.05) is 5.92 Å². The van der Waals surface area contributed by atoms with Crippen LogP contribution in [0.2, 0.25) is 0 Å². The number of carbonyl (C=O) groups is 1. The van der Waals surface area contributed by atoms with Crippen LogP contribution in [-0.2, 0) is 0 Å². The topological polar surface area (TPSA) is 58.6 Å². The molecule has 12 heavy (non-hydrogen) atoms. The highest BCUT2D eigenvalue weighted by Crippen LogP contribution is 2.09. The van der Waals surface area contributed by atoms with E-state index in [4.69, 9.17) is 0 Å². The third-order valence-corrected chi connectivity index (χ3v) is 1.82. The first-order valence-corrected chi connectivity index (χ1v) is 4.15. The van der Waals surface area contributed by atoms with Gasteiger partial charge in [0.05, 0.1) is 0 Å². The van der Waals surface area contributed by atoms with E-state index < -0.39 is 0 Å². The van der Waals surface area contributed by atoms with Crippen molar-refractivity contribution >= 4 is 5.78 Å². The summed E-state index contributed by atoms with van der Waals surface area (Å²) in [4.78, 5) is 15.3.